The van der Waals surface area contributed by atoms with E-state index in [0.29, 0.717) is 6.42 Å². The summed E-state index contributed by atoms with van der Waals surface area (Å²) in [5, 5.41) is 8.63. The molecule has 0 heterocycles. The predicted molar refractivity (Wildman–Crippen MR) is 54.0 cm³/mol. The van der Waals surface area contributed by atoms with Gasteiger partial charge in [-0.3, -0.25) is 0 Å². The number of carboxylic acids is 1. The molecule has 0 rings (SSSR count). The van der Waals surface area contributed by atoms with E-state index in [1.54, 1.807) is 0 Å². The number of guanidine groups is 1. The first kappa shape index (κ1) is 14.5. The van der Waals surface area contributed by atoms with Crippen LogP contribution in [0.5, 0.6) is 0 Å². The van der Waals surface area contributed by atoms with Crippen molar-refractivity contribution >= 4 is 24.3 Å². The Morgan fingerprint density at radius 1 is 1.54 bits per heavy atom. The van der Waals surface area contributed by atoms with Crippen LogP contribution in [-0.4, -0.2) is 23.1 Å². The molecule has 1 atom stereocenters. The van der Waals surface area contributed by atoms with Crippen molar-refractivity contribution in [2.75, 3.05) is 0 Å². The van der Waals surface area contributed by atoms with Crippen LogP contribution in [0.2, 0.25) is 0 Å². The fourth-order valence-corrected chi connectivity index (χ4v) is 0.821. The molecule has 78 valence electrons. The molecule has 0 spiro atoms. The van der Waals surface area contributed by atoms with Crippen LogP contribution in [0.25, 0.3) is 0 Å². The Labute approximate surface area is 83.6 Å². The number of carbonyl (C=O) groups is 1. The van der Waals surface area contributed by atoms with Gasteiger partial charge in [-0.2, -0.15) is 0 Å². The minimum atomic E-state index is -0.975. The molecule has 0 radical (unpaired) electrons. The van der Waals surface area contributed by atoms with Crippen molar-refractivity contribution in [3.63, 3.8) is 0 Å². The number of aliphatic carboxylic acids is 1. The third kappa shape index (κ3) is 7.39. The SMILES string of the molecule is CCCCC(N=C(N)N)C(=O)O.Cl. The van der Waals surface area contributed by atoms with Crippen LogP contribution in [-0.2, 0) is 4.79 Å². The summed E-state index contributed by atoms with van der Waals surface area (Å²) in [6.45, 7) is 1.98. The van der Waals surface area contributed by atoms with E-state index >= 15 is 0 Å². The normalized spacial score (nSPS) is 11.2. The third-order valence-electron chi connectivity index (χ3n) is 1.42. The number of nitrogens with two attached hydrogens (primary N) is 2. The summed E-state index contributed by atoms with van der Waals surface area (Å²) in [5.74, 6) is -1.14. The van der Waals surface area contributed by atoms with Gasteiger partial charge in [0.1, 0.15) is 0 Å². The zero-order valence-corrected chi connectivity index (χ0v) is 8.38. The smallest absolute Gasteiger partial charge is 0.328 e. The first-order valence-corrected chi connectivity index (χ1v) is 3.89. The molecule has 1 unspecified atom stereocenters. The topological polar surface area (TPSA) is 102 Å². The summed E-state index contributed by atoms with van der Waals surface area (Å²) in [6, 6.07) is -0.782. The number of nitrogens with zero attached hydrogens (tertiary/aromatic N) is 1. The summed E-state index contributed by atoms with van der Waals surface area (Å²) in [7, 11) is 0. The average molecular weight is 210 g/mol. The molecule has 0 aliphatic heterocycles. The van der Waals surface area contributed by atoms with Gasteiger partial charge in [-0.15, -0.1) is 12.4 Å². The second kappa shape index (κ2) is 7.67. The molecule has 6 heteroatoms. The van der Waals surface area contributed by atoms with Gasteiger partial charge in [0.2, 0.25) is 0 Å². The van der Waals surface area contributed by atoms with E-state index in [4.69, 9.17) is 16.6 Å². The molecule has 5 nitrogen and oxygen atoms in total. The maximum absolute atomic E-state index is 10.5. The zero-order valence-electron chi connectivity index (χ0n) is 7.56. The monoisotopic (exact) mass is 209 g/mol. The van der Waals surface area contributed by atoms with Gasteiger partial charge in [0.05, 0.1) is 0 Å². The van der Waals surface area contributed by atoms with Crippen LogP contribution in [0, 0.1) is 0 Å². The van der Waals surface area contributed by atoms with Crippen molar-refractivity contribution < 1.29 is 9.90 Å². The number of aliphatic imine (C=N–C) groups is 1. The Bertz CT molecular complexity index is 181. The largest absolute Gasteiger partial charge is 0.480 e. The maximum Gasteiger partial charge on any atom is 0.328 e. The number of rotatable bonds is 5. The van der Waals surface area contributed by atoms with Crippen molar-refractivity contribution in [2.24, 2.45) is 16.5 Å². The minimum absolute atomic E-state index is 0. The van der Waals surface area contributed by atoms with Crippen molar-refractivity contribution in [1.29, 1.82) is 0 Å². The van der Waals surface area contributed by atoms with E-state index in [2.05, 4.69) is 4.99 Å². The molecule has 0 aliphatic rings. The number of carboxylic acid groups (broad SMARTS) is 1. The van der Waals surface area contributed by atoms with Crippen molar-refractivity contribution in [2.45, 2.75) is 32.2 Å². The van der Waals surface area contributed by atoms with Gasteiger partial charge < -0.3 is 16.6 Å². The van der Waals surface area contributed by atoms with E-state index in [1.807, 2.05) is 6.92 Å². The van der Waals surface area contributed by atoms with Crippen molar-refractivity contribution in [3.8, 4) is 0 Å². The second-order valence-corrected chi connectivity index (χ2v) is 2.55. The Morgan fingerprint density at radius 3 is 2.38 bits per heavy atom. The van der Waals surface area contributed by atoms with Gasteiger partial charge >= 0.3 is 5.97 Å². The van der Waals surface area contributed by atoms with E-state index in [9.17, 15) is 4.79 Å². The highest BCUT2D eigenvalue weighted by molar-refractivity contribution is 5.85. The summed E-state index contributed by atoms with van der Waals surface area (Å²) in [4.78, 5) is 14.1. The lowest BCUT2D eigenvalue weighted by molar-refractivity contribution is -0.138. The highest BCUT2D eigenvalue weighted by Gasteiger charge is 2.14. The first-order chi connectivity index (χ1) is 5.57. The molecule has 0 amide bonds. The molecule has 0 aromatic rings. The standard InChI is InChI=1S/C7H15N3O2.ClH/c1-2-3-4-5(6(11)12)10-7(8)9;/h5H,2-4H2,1H3,(H,11,12)(H4,8,9,10);1H. The summed E-state index contributed by atoms with van der Waals surface area (Å²) < 4.78 is 0. The van der Waals surface area contributed by atoms with Crippen molar-refractivity contribution in [3.05, 3.63) is 0 Å². The number of hydrogen-bond donors (Lipinski definition) is 3. The molecular formula is C7H16ClN3O2. The average Bonchev–Trinajstić information content (AvgIpc) is 1.96. The zero-order chi connectivity index (χ0) is 9.56. The van der Waals surface area contributed by atoms with Crippen LogP contribution < -0.4 is 11.5 Å². The number of halogens is 1. The van der Waals surface area contributed by atoms with Gasteiger partial charge in [-0.05, 0) is 6.42 Å². The van der Waals surface area contributed by atoms with Crippen LogP contribution >= 0.6 is 12.4 Å². The summed E-state index contributed by atoms with van der Waals surface area (Å²) >= 11 is 0. The highest BCUT2D eigenvalue weighted by Crippen LogP contribution is 2.04. The van der Waals surface area contributed by atoms with E-state index in [-0.39, 0.29) is 18.4 Å². The fraction of sp³-hybridized carbons (Fsp3) is 0.714. The molecule has 0 aromatic carbocycles. The molecule has 13 heavy (non-hydrogen) atoms. The lowest BCUT2D eigenvalue weighted by Crippen LogP contribution is -2.28. The highest BCUT2D eigenvalue weighted by atomic mass is 35.5. The van der Waals surface area contributed by atoms with Gasteiger partial charge in [-0.1, -0.05) is 19.8 Å². The van der Waals surface area contributed by atoms with Gasteiger partial charge in [-0.25, -0.2) is 9.79 Å². The lowest BCUT2D eigenvalue weighted by atomic mass is 10.1. The predicted octanol–water partition coefficient (Wildman–Crippen LogP) is 0.325. The second-order valence-electron chi connectivity index (χ2n) is 2.55. The molecule has 5 N–H and O–H groups in total. The van der Waals surface area contributed by atoms with Crippen LogP contribution in [0.15, 0.2) is 4.99 Å². The van der Waals surface area contributed by atoms with Crippen molar-refractivity contribution in [1.82, 2.24) is 0 Å². The number of unbranched alkanes of at least 4 members (excludes halogenated alkanes) is 1. The van der Waals surface area contributed by atoms with Crippen LogP contribution in [0.1, 0.15) is 26.2 Å². The van der Waals surface area contributed by atoms with E-state index in [0.717, 1.165) is 12.8 Å². The van der Waals surface area contributed by atoms with E-state index in [1.165, 1.54) is 0 Å². The Hall–Kier alpha value is -0.970. The molecule has 0 fully saturated rings. The van der Waals surface area contributed by atoms with Crippen LogP contribution in [0.3, 0.4) is 0 Å². The molecule has 0 saturated heterocycles. The first-order valence-electron chi connectivity index (χ1n) is 3.89. The third-order valence-corrected chi connectivity index (χ3v) is 1.42. The van der Waals surface area contributed by atoms with Crippen LogP contribution in [0.4, 0.5) is 0 Å². The van der Waals surface area contributed by atoms with Gasteiger partial charge in [0.25, 0.3) is 0 Å². The summed E-state index contributed by atoms with van der Waals surface area (Å²) in [6.07, 6.45) is 2.24. The van der Waals surface area contributed by atoms with Gasteiger partial charge in [0, 0.05) is 0 Å². The fourth-order valence-electron chi connectivity index (χ4n) is 0.821. The molecule has 0 bridgehead atoms. The Balaban J connectivity index is 0. The molecular weight excluding hydrogens is 194 g/mol. The Kier molecular flexibility index (Phi) is 8.58. The Morgan fingerprint density at radius 2 is 2.08 bits per heavy atom. The summed E-state index contributed by atoms with van der Waals surface area (Å²) in [5.41, 5.74) is 10.1. The minimum Gasteiger partial charge on any atom is -0.480 e. The molecule has 0 aromatic heterocycles. The van der Waals surface area contributed by atoms with Gasteiger partial charge in [0.15, 0.2) is 12.0 Å². The lowest BCUT2D eigenvalue weighted by Gasteiger charge is -2.05. The quantitative estimate of drug-likeness (QED) is 0.448. The maximum atomic E-state index is 10.5. The van der Waals surface area contributed by atoms with E-state index < -0.39 is 12.0 Å². The number of hydrogen-bond acceptors (Lipinski definition) is 2. The molecule has 0 saturated carbocycles. The molecule has 0 aliphatic carbocycles.